The Balaban J connectivity index is 3.00. The van der Waals surface area contributed by atoms with Gasteiger partial charge in [-0.2, -0.15) is 13.2 Å². The molecule has 4 nitrogen and oxygen atoms in total. The second kappa shape index (κ2) is 7.12. The van der Waals surface area contributed by atoms with Crippen molar-refractivity contribution in [2.45, 2.75) is 26.4 Å². The summed E-state index contributed by atoms with van der Waals surface area (Å²) >= 11 is 0. The average Bonchev–Trinajstić information content (AvgIpc) is 2.37. The Labute approximate surface area is 116 Å². The molecule has 0 aliphatic heterocycles. The summed E-state index contributed by atoms with van der Waals surface area (Å²) in [5, 5.41) is 2.95. The van der Waals surface area contributed by atoms with Crippen molar-refractivity contribution in [3.8, 4) is 0 Å². The summed E-state index contributed by atoms with van der Waals surface area (Å²) in [7, 11) is 0. The van der Waals surface area contributed by atoms with Crippen molar-refractivity contribution in [3.63, 3.8) is 0 Å². The summed E-state index contributed by atoms with van der Waals surface area (Å²) in [4.78, 5) is 16.9. The Morgan fingerprint density at radius 1 is 1.40 bits per heavy atom. The van der Waals surface area contributed by atoms with E-state index in [-0.39, 0.29) is 12.1 Å². The highest BCUT2D eigenvalue weighted by Crippen LogP contribution is 2.21. The van der Waals surface area contributed by atoms with Gasteiger partial charge < -0.3 is 10.2 Å². The van der Waals surface area contributed by atoms with Crippen LogP contribution in [0.3, 0.4) is 0 Å². The fraction of sp³-hybridized carbons (Fsp3) is 0.538. The molecule has 0 aromatic carbocycles. The molecule has 1 amide bonds. The number of carbonyl (C=O) groups is 1. The quantitative estimate of drug-likeness (QED) is 0.875. The largest absolute Gasteiger partial charge is 0.406 e. The zero-order chi connectivity index (χ0) is 15.2. The molecule has 0 bridgehead atoms. The Bertz CT molecular complexity index is 449. The molecule has 0 spiro atoms. The van der Waals surface area contributed by atoms with Crippen molar-refractivity contribution in [2.75, 3.05) is 25.0 Å². The van der Waals surface area contributed by atoms with Gasteiger partial charge in [0.2, 0.25) is 0 Å². The van der Waals surface area contributed by atoms with Gasteiger partial charge in [0, 0.05) is 25.5 Å². The first kappa shape index (κ1) is 16.3. The highest BCUT2D eigenvalue weighted by atomic mass is 19.4. The van der Waals surface area contributed by atoms with Crippen LogP contribution in [0.1, 0.15) is 30.6 Å². The van der Waals surface area contributed by atoms with E-state index in [9.17, 15) is 18.0 Å². The minimum Gasteiger partial charge on any atom is -0.385 e. The van der Waals surface area contributed by atoms with Crippen LogP contribution in [-0.2, 0) is 0 Å². The summed E-state index contributed by atoms with van der Waals surface area (Å²) in [6.45, 7) is 2.94. The lowest BCUT2D eigenvalue weighted by atomic mass is 10.2. The molecule has 112 valence electrons. The van der Waals surface area contributed by atoms with Gasteiger partial charge in [0.05, 0.1) is 11.3 Å². The van der Waals surface area contributed by atoms with Crippen LogP contribution in [0, 0.1) is 0 Å². The number of nitrogens with one attached hydrogen (secondary N) is 1. The van der Waals surface area contributed by atoms with E-state index in [1.165, 1.54) is 12.4 Å². The molecule has 1 aromatic heterocycles. The first-order valence-electron chi connectivity index (χ1n) is 6.43. The third-order valence-corrected chi connectivity index (χ3v) is 2.57. The maximum Gasteiger partial charge on any atom is 0.406 e. The van der Waals surface area contributed by atoms with Gasteiger partial charge in [0.25, 0.3) is 5.91 Å². The monoisotopic (exact) mass is 289 g/mol. The van der Waals surface area contributed by atoms with Crippen molar-refractivity contribution in [2.24, 2.45) is 0 Å². The van der Waals surface area contributed by atoms with Crippen molar-refractivity contribution >= 4 is 11.6 Å². The predicted octanol–water partition coefficient (Wildman–Crippen LogP) is 2.93. The molecular weight excluding hydrogens is 271 g/mol. The number of amides is 1. The van der Waals surface area contributed by atoms with Gasteiger partial charge in [0.1, 0.15) is 6.54 Å². The number of anilines is 1. The second-order valence-corrected chi connectivity index (χ2v) is 4.29. The number of nitrogens with zero attached hydrogens (tertiary/aromatic N) is 2. The van der Waals surface area contributed by atoms with Crippen LogP contribution in [-0.4, -0.2) is 41.6 Å². The third-order valence-electron chi connectivity index (χ3n) is 2.57. The molecule has 0 unspecified atom stereocenters. The van der Waals surface area contributed by atoms with Gasteiger partial charge in [-0.25, -0.2) is 0 Å². The third kappa shape index (κ3) is 4.71. The molecule has 1 rings (SSSR count). The lowest BCUT2D eigenvalue weighted by Crippen LogP contribution is -2.39. The molecule has 0 atom stereocenters. The number of rotatable bonds is 6. The van der Waals surface area contributed by atoms with Crippen LogP contribution in [0.15, 0.2) is 18.5 Å². The maximum absolute atomic E-state index is 12.5. The number of hydrogen-bond acceptors (Lipinski definition) is 3. The number of carbonyl (C=O) groups excluding carboxylic acids is 1. The molecule has 20 heavy (non-hydrogen) atoms. The average molecular weight is 289 g/mol. The SMILES string of the molecule is CCCN(CC(F)(F)F)C(=O)c1cnccc1NCC. The van der Waals surface area contributed by atoms with E-state index in [1.54, 1.807) is 13.0 Å². The standard InChI is InChI=1S/C13H18F3N3O/c1-3-7-19(9-13(14,15)16)12(20)10-8-17-6-5-11(10)18-4-2/h5-6,8H,3-4,7,9H2,1-2H3,(H,17,18). The first-order valence-corrected chi connectivity index (χ1v) is 6.43. The maximum atomic E-state index is 12.5. The molecule has 1 N–H and O–H groups in total. The van der Waals surface area contributed by atoms with Gasteiger partial charge in [-0.05, 0) is 19.4 Å². The van der Waals surface area contributed by atoms with E-state index in [1.807, 2.05) is 6.92 Å². The highest BCUT2D eigenvalue weighted by molar-refractivity contribution is 5.99. The Kier molecular flexibility index (Phi) is 5.79. The number of alkyl halides is 3. The molecule has 0 saturated heterocycles. The molecular formula is C13H18F3N3O. The normalized spacial score (nSPS) is 11.2. The van der Waals surface area contributed by atoms with Gasteiger partial charge in [-0.15, -0.1) is 0 Å². The van der Waals surface area contributed by atoms with E-state index in [0.29, 0.717) is 18.7 Å². The van der Waals surface area contributed by atoms with E-state index in [0.717, 1.165) is 4.90 Å². The van der Waals surface area contributed by atoms with E-state index in [4.69, 9.17) is 0 Å². The van der Waals surface area contributed by atoms with Gasteiger partial charge in [-0.1, -0.05) is 6.92 Å². The molecule has 1 heterocycles. The van der Waals surface area contributed by atoms with Gasteiger partial charge in [-0.3, -0.25) is 9.78 Å². The summed E-state index contributed by atoms with van der Waals surface area (Å²) in [6.07, 6.45) is -1.17. The lowest BCUT2D eigenvalue weighted by Gasteiger charge is -2.24. The van der Waals surface area contributed by atoms with E-state index >= 15 is 0 Å². The molecule has 0 aliphatic carbocycles. The molecule has 7 heteroatoms. The van der Waals surface area contributed by atoms with Crippen molar-refractivity contribution in [1.82, 2.24) is 9.88 Å². The zero-order valence-corrected chi connectivity index (χ0v) is 11.5. The summed E-state index contributed by atoms with van der Waals surface area (Å²) < 4.78 is 37.6. The number of pyridine rings is 1. The number of hydrogen-bond donors (Lipinski definition) is 1. The molecule has 0 fully saturated rings. The second-order valence-electron chi connectivity index (χ2n) is 4.29. The van der Waals surface area contributed by atoms with Gasteiger partial charge >= 0.3 is 6.18 Å². The Morgan fingerprint density at radius 2 is 2.10 bits per heavy atom. The summed E-state index contributed by atoms with van der Waals surface area (Å²) in [5.41, 5.74) is 0.655. The Hall–Kier alpha value is -1.79. The Morgan fingerprint density at radius 3 is 2.65 bits per heavy atom. The number of halogens is 3. The van der Waals surface area contributed by atoms with Crippen LogP contribution >= 0.6 is 0 Å². The van der Waals surface area contributed by atoms with Crippen LogP contribution in [0.2, 0.25) is 0 Å². The van der Waals surface area contributed by atoms with Crippen LogP contribution in [0.4, 0.5) is 18.9 Å². The van der Waals surface area contributed by atoms with Crippen LogP contribution in [0.25, 0.3) is 0 Å². The molecule has 1 aromatic rings. The highest BCUT2D eigenvalue weighted by Gasteiger charge is 2.33. The first-order chi connectivity index (χ1) is 9.39. The fourth-order valence-electron chi connectivity index (χ4n) is 1.82. The van der Waals surface area contributed by atoms with Crippen molar-refractivity contribution in [1.29, 1.82) is 0 Å². The smallest absolute Gasteiger partial charge is 0.385 e. The van der Waals surface area contributed by atoms with Crippen LogP contribution < -0.4 is 5.32 Å². The number of aromatic nitrogens is 1. The van der Waals surface area contributed by atoms with Gasteiger partial charge in [0.15, 0.2) is 0 Å². The molecule has 0 saturated carbocycles. The van der Waals surface area contributed by atoms with Crippen molar-refractivity contribution in [3.05, 3.63) is 24.0 Å². The molecule has 0 radical (unpaired) electrons. The van der Waals surface area contributed by atoms with Crippen molar-refractivity contribution < 1.29 is 18.0 Å². The molecule has 0 aliphatic rings. The predicted molar refractivity (Wildman–Crippen MR) is 70.7 cm³/mol. The topological polar surface area (TPSA) is 45.2 Å². The lowest BCUT2D eigenvalue weighted by molar-refractivity contribution is -0.140. The minimum absolute atomic E-state index is 0.0544. The van der Waals surface area contributed by atoms with E-state index in [2.05, 4.69) is 10.3 Å². The zero-order valence-electron chi connectivity index (χ0n) is 11.5. The summed E-state index contributed by atoms with van der Waals surface area (Å²) in [6, 6.07) is 1.58. The minimum atomic E-state index is -4.41. The van der Waals surface area contributed by atoms with Crippen LogP contribution in [0.5, 0.6) is 0 Å². The van der Waals surface area contributed by atoms with E-state index < -0.39 is 18.6 Å². The fourth-order valence-corrected chi connectivity index (χ4v) is 1.82. The summed E-state index contributed by atoms with van der Waals surface area (Å²) in [5.74, 6) is -0.659.